The maximum atomic E-state index is 12.5. The van der Waals surface area contributed by atoms with Gasteiger partial charge in [-0.25, -0.2) is 4.98 Å². The van der Waals surface area contributed by atoms with Crippen LogP contribution in [0.25, 0.3) is 0 Å². The smallest absolute Gasteiger partial charge is 0.302 e. The molecule has 8 heteroatoms. The van der Waals surface area contributed by atoms with Crippen LogP contribution in [0.15, 0.2) is 12.4 Å². The van der Waals surface area contributed by atoms with Crippen LogP contribution in [0.2, 0.25) is 0 Å². The zero-order chi connectivity index (χ0) is 13.2. The van der Waals surface area contributed by atoms with E-state index in [0.29, 0.717) is 19.5 Å². The number of hydrogen-bond donors (Lipinski definition) is 1. The second-order valence-electron chi connectivity index (χ2n) is 4.40. The second kappa shape index (κ2) is 5.05. The third-order valence-corrected chi connectivity index (χ3v) is 3.77. The Hall–Kier alpha value is -1.44. The van der Waals surface area contributed by atoms with Gasteiger partial charge in [0.05, 0.1) is 5.75 Å². The first-order valence-corrected chi connectivity index (χ1v) is 7.17. The number of carbonyl (C=O) groups excluding carboxylic acids is 1. The van der Waals surface area contributed by atoms with Crippen LogP contribution < -0.4 is 0 Å². The minimum Gasteiger partial charge on any atom is -0.349 e. The van der Waals surface area contributed by atoms with Gasteiger partial charge in [-0.3, -0.25) is 4.79 Å². The van der Waals surface area contributed by atoms with Crippen LogP contribution in [0.5, 0.6) is 0 Å². The zero-order valence-electron chi connectivity index (χ0n) is 9.67. The number of amides is 1. The van der Waals surface area contributed by atoms with Crippen molar-refractivity contribution in [3.8, 4) is 0 Å². The van der Waals surface area contributed by atoms with E-state index >= 15 is 0 Å². The second-order valence-corrected chi connectivity index (χ2v) is 5.81. The normalized spacial score (nSPS) is 20.6. The molecule has 1 aromatic rings. The number of rotatable bonds is 5. The van der Waals surface area contributed by atoms with Crippen molar-refractivity contribution < 1.29 is 17.1 Å². The molecule has 0 saturated carbocycles. The molecule has 0 aromatic carbocycles. The predicted molar refractivity (Wildman–Crippen MR) is 61.9 cm³/mol. The summed E-state index contributed by atoms with van der Waals surface area (Å²) < 4.78 is 33.6. The summed E-state index contributed by atoms with van der Waals surface area (Å²) in [6.45, 7) is 0.762. The van der Waals surface area contributed by atoms with Crippen LogP contribution in [-0.4, -0.2) is 48.0 Å². The van der Waals surface area contributed by atoms with Crippen molar-refractivity contribution in [2.24, 2.45) is 5.92 Å². The molecule has 1 N–H and O–H groups in total. The Morgan fingerprint density at radius 2 is 2.33 bits per heavy atom. The first-order chi connectivity index (χ1) is 8.44. The lowest BCUT2D eigenvalue weighted by atomic mass is 10.1. The Bertz CT molecular complexity index is 514. The number of hydrogen-bond acceptors (Lipinski definition) is 4. The fourth-order valence-electron chi connectivity index (χ4n) is 2.14. The average Bonchev–Trinajstić information content (AvgIpc) is 2.83. The van der Waals surface area contributed by atoms with E-state index in [9.17, 15) is 17.1 Å². The first-order valence-electron chi connectivity index (χ1n) is 5.62. The Labute approximate surface area is 104 Å². The van der Waals surface area contributed by atoms with Crippen LogP contribution in [-0.2, 0) is 21.4 Å². The predicted octanol–water partition coefficient (Wildman–Crippen LogP) is 0.1000. The summed E-state index contributed by atoms with van der Waals surface area (Å²) in [5.74, 6) is -0.376. The van der Waals surface area contributed by atoms with Gasteiger partial charge in [-0.15, -0.1) is 3.89 Å². The molecule has 0 bridgehead atoms. The van der Waals surface area contributed by atoms with Gasteiger partial charge in [0.1, 0.15) is 5.82 Å². The molecule has 0 spiro atoms. The summed E-state index contributed by atoms with van der Waals surface area (Å²) in [5.41, 5.74) is 0. The maximum Gasteiger partial charge on any atom is 0.302 e. The summed E-state index contributed by atoms with van der Waals surface area (Å²) >= 11 is 0. The fraction of sp³-hybridized carbons (Fsp3) is 0.600. The van der Waals surface area contributed by atoms with Crippen molar-refractivity contribution >= 4 is 16.1 Å². The number of nitrogens with zero attached hydrogens (tertiary/aromatic N) is 2. The molecule has 1 aliphatic rings. The Balaban J connectivity index is 1.86. The van der Waals surface area contributed by atoms with E-state index in [1.165, 1.54) is 0 Å². The fourth-order valence-corrected chi connectivity index (χ4v) is 2.93. The molecule has 1 unspecified atom stereocenters. The third kappa shape index (κ3) is 3.52. The summed E-state index contributed by atoms with van der Waals surface area (Å²) in [6.07, 6.45) is 3.99. The van der Waals surface area contributed by atoms with E-state index in [4.69, 9.17) is 0 Å². The summed E-state index contributed by atoms with van der Waals surface area (Å²) in [7, 11) is -4.51. The summed E-state index contributed by atoms with van der Waals surface area (Å²) in [6, 6.07) is 0. The number of likely N-dealkylation sites (tertiary alicyclic amines) is 1. The van der Waals surface area contributed by atoms with Crippen molar-refractivity contribution in [2.75, 3.05) is 18.8 Å². The van der Waals surface area contributed by atoms with Crippen molar-refractivity contribution in [1.82, 2.24) is 14.9 Å². The molecule has 1 atom stereocenters. The van der Waals surface area contributed by atoms with Crippen LogP contribution in [0, 0.1) is 5.92 Å². The van der Waals surface area contributed by atoms with Crippen molar-refractivity contribution in [3.63, 3.8) is 0 Å². The molecule has 0 radical (unpaired) electrons. The SMILES string of the molecule is O=C1CC(CS(=O)(=O)F)CN1CCc1ncc[nH]1. The van der Waals surface area contributed by atoms with E-state index in [2.05, 4.69) is 9.97 Å². The monoisotopic (exact) mass is 275 g/mol. The molecular weight excluding hydrogens is 261 g/mol. The number of aromatic amines is 1. The summed E-state index contributed by atoms with van der Waals surface area (Å²) in [4.78, 5) is 20.1. The van der Waals surface area contributed by atoms with Gasteiger partial charge in [0, 0.05) is 44.2 Å². The maximum absolute atomic E-state index is 12.5. The molecule has 0 aliphatic carbocycles. The van der Waals surface area contributed by atoms with Crippen molar-refractivity contribution in [1.29, 1.82) is 0 Å². The molecular formula is C10H14FN3O3S. The number of carbonyl (C=O) groups is 1. The third-order valence-electron chi connectivity index (χ3n) is 2.90. The minimum atomic E-state index is -4.51. The number of H-pyrrole nitrogens is 1. The van der Waals surface area contributed by atoms with Gasteiger partial charge in [0.15, 0.2) is 0 Å². The van der Waals surface area contributed by atoms with Gasteiger partial charge >= 0.3 is 10.2 Å². The molecule has 2 rings (SSSR count). The largest absolute Gasteiger partial charge is 0.349 e. The lowest BCUT2D eigenvalue weighted by Crippen LogP contribution is -2.28. The van der Waals surface area contributed by atoms with Crippen LogP contribution in [0.3, 0.4) is 0 Å². The molecule has 1 fully saturated rings. The van der Waals surface area contributed by atoms with Gasteiger partial charge in [0.25, 0.3) is 0 Å². The van der Waals surface area contributed by atoms with Gasteiger partial charge in [-0.05, 0) is 0 Å². The Kier molecular flexibility index (Phi) is 3.65. The summed E-state index contributed by atoms with van der Waals surface area (Å²) in [5, 5.41) is 0. The van der Waals surface area contributed by atoms with Gasteiger partial charge < -0.3 is 9.88 Å². The highest BCUT2D eigenvalue weighted by Crippen LogP contribution is 2.20. The van der Waals surface area contributed by atoms with E-state index in [-0.39, 0.29) is 12.3 Å². The van der Waals surface area contributed by atoms with Gasteiger partial charge in [0.2, 0.25) is 5.91 Å². The zero-order valence-corrected chi connectivity index (χ0v) is 10.5. The van der Waals surface area contributed by atoms with Gasteiger partial charge in [-0.2, -0.15) is 8.42 Å². The minimum absolute atomic E-state index is 0.0985. The number of aromatic nitrogens is 2. The van der Waals surface area contributed by atoms with Crippen molar-refractivity contribution in [3.05, 3.63) is 18.2 Å². The van der Waals surface area contributed by atoms with E-state index in [1.807, 2.05) is 0 Å². The molecule has 100 valence electrons. The Morgan fingerprint density at radius 3 is 2.94 bits per heavy atom. The standard InChI is InChI=1S/C10H14FN3O3S/c11-18(16,17)7-8-5-10(15)14(6-8)4-1-9-12-2-3-13-9/h2-3,8H,1,4-7H2,(H,12,13). The molecule has 1 aliphatic heterocycles. The molecule has 1 saturated heterocycles. The van der Waals surface area contributed by atoms with Crippen LogP contribution in [0.4, 0.5) is 3.89 Å². The van der Waals surface area contributed by atoms with Crippen LogP contribution in [0.1, 0.15) is 12.2 Å². The molecule has 6 nitrogen and oxygen atoms in total. The first kappa shape index (κ1) is 13.0. The highest BCUT2D eigenvalue weighted by atomic mass is 32.3. The van der Waals surface area contributed by atoms with E-state index in [1.54, 1.807) is 17.3 Å². The average molecular weight is 275 g/mol. The van der Waals surface area contributed by atoms with E-state index in [0.717, 1.165) is 5.82 Å². The highest BCUT2D eigenvalue weighted by Gasteiger charge is 2.32. The number of imidazole rings is 1. The highest BCUT2D eigenvalue weighted by molar-refractivity contribution is 7.86. The van der Waals surface area contributed by atoms with Crippen LogP contribution >= 0.6 is 0 Å². The molecule has 18 heavy (non-hydrogen) atoms. The Morgan fingerprint density at radius 1 is 1.56 bits per heavy atom. The number of halogens is 1. The quantitative estimate of drug-likeness (QED) is 0.773. The van der Waals surface area contributed by atoms with Gasteiger partial charge in [-0.1, -0.05) is 0 Å². The molecule has 2 heterocycles. The number of nitrogens with one attached hydrogen (secondary N) is 1. The molecule has 1 amide bonds. The lowest BCUT2D eigenvalue weighted by Gasteiger charge is -2.15. The topological polar surface area (TPSA) is 83.1 Å². The van der Waals surface area contributed by atoms with E-state index < -0.39 is 21.9 Å². The molecule has 1 aromatic heterocycles. The van der Waals surface area contributed by atoms with Crippen molar-refractivity contribution in [2.45, 2.75) is 12.8 Å². The lowest BCUT2D eigenvalue weighted by molar-refractivity contribution is -0.127.